The summed E-state index contributed by atoms with van der Waals surface area (Å²) in [6, 6.07) is 4.22. The fraction of sp³-hybridized carbons (Fsp3) is 0. The smallest absolute Gasteiger partial charge is 0.209 e. The Balaban J connectivity index is 2.46. The van der Waals surface area contributed by atoms with E-state index < -0.39 is 11.6 Å². The highest BCUT2D eigenvalue weighted by Crippen LogP contribution is 2.19. The third kappa shape index (κ3) is 2.10. The highest BCUT2D eigenvalue weighted by Gasteiger charge is 2.16. The van der Waals surface area contributed by atoms with Gasteiger partial charge in [-0.1, -0.05) is 20.4 Å². The van der Waals surface area contributed by atoms with Crippen LogP contribution in [-0.4, -0.2) is 15.4 Å². The van der Waals surface area contributed by atoms with Crippen LogP contribution in [-0.2, 0) is 0 Å². The number of hydrogen-bond donors (Lipinski definition) is 0. The number of carbonyl (C=O) groups is 1. The predicted molar refractivity (Wildman–Crippen MR) is 57.4 cm³/mol. The summed E-state index contributed by atoms with van der Waals surface area (Å²) in [5.41, 5.74) is 0.0235. The second-order valence-electron chi connectivity index (χ2n) is 2.74. The number of nitrogens with zero attached hydrogens (tertiary/aromatic N) is 2. The molecule has 0 aliphatic rings. The van der Waals surface area contributed by atoms with E-state index in [1.54, 1.807) is 0 Å². The van der Waals surface area contributed by atoms with Crippen molar-refractivity contribution >= 4 is 33.2 Å². The fourth-order valence-corrected chi connectivity index (χ4v) is 1.90. The first kappa shape index (κ1) is 10.4. The first-order chi connectivity index (χ1) is 7.18. The van der Waals surface area contributed by atoms with Crippen molar-refractivity contribution < 1.29 is 9.18 Å². The summed E-state index contributed by atoms with van der Waals surface area (Å²) in [5, 5.41) is 3.53. The van der Waals surface area contributed by atoms with Gasteiger partial charge in [0, 0.05) is 4.47 Å². The molecular weight excluding hydrogens is 283 g/mol. The lowest BCUT2D eigenvalue weighted by molar-refractivity contribution is 0.103. The van der Waals surface area contributed by atoms with Gasteiger partial charge in [-0.25, -0.2) is 4.39 Å². The van der Waals surface area contributed by atoms with E-state index in [0.29, 0.717) is 9.35 Å². The van der Waals surface area contributed by atoms with Crippen molar-refractivity contribution in [2.45, 2.75) is 0 Å². The van der Waals surface area contributed by atoms with Crippen molar-refractivity contribution in [1.82, 2.24) is 9.59 Å². The molecule has 0 bridgehead atoms. The van der Waals surface area contributed by atoms with E-state index in [0.717, 1.165) is 11.5 Å². The Hall–Kier alpha value is -1.14. The molecule has 2 rings (SSSR count). The number of hydrogen-bond acceptors (Lipinski definition) is 4. The van der Waals surface area contributed by atoms with E-state index in [4.69, 9.17) is 0 Å². The minimum atomic E-state index is -0.545. The van der Waals surface area contributed by atoms with Crippen LogP contribution in [0.3, 0.4) is 0 Å². The predicted octanol–water partition coefficient (Wildman–Crippen LogP) is 2.67. The number of carbonyl (C=O) groups excluding carboxylic acids is 1. The number of aromatic nitrogens is 2. The molecule has 0 aliphatic carbocycles. The maximum atomic E-state index is 13.3. The van der Waals surface area contributed by atoms with Crippen LogP contribution in [0.5, 0.6) is 0 Å². The van der Waals surface area contributed by atoms with Gasteiger partial charge >= 0.3 is 0 Å². The molecule has 0 radical (unpaired) electrons. The molecular formula is C9H4BrFN2OS. The molecule has 0 unspecified atom stereocenters. The molecule has 6 heteroatoms. The summed E-state index contributed by atoms with van der Waals surface area (Å²) in [6.45, 7) is 0. The van der Waals surface area contributed by atoms with Gasteiger partial charge in [0.2, 0.25) is 5.78 Å². The number of rotatable bonds is 2. The van der Waals surface area contributed by atoms with Crippen LogP contribution >= 0.6 is 27.5 Å². The summed E-state index contributed by atoms with van der Waals surface area (Å²) in [5.74, 6) is -0.944. The Bertz CT molecular complexity index is 501. The lowest BCUT2D eigenvalue weighted by atomic mass is 10.1. The molecule has 2 aromatic rings. The second kappa shape index (κ2) is 4.16. The molecule has 1 aromatic carbocycles. The molecule has 1 aromatic heterocycles. The zero-order chi connectivity index (χ0) is 10.8. The standard InChI is InChI=1S/C9H4BrFN2OS/c10-5-1-2-7(11)6(3-5)9(14)8-4-12-13-15-8/h1-4H. The van der Waals surface area contributed by atoms with E-state index >= 15 is 0 Å². The molecule has 0 saturated heterocycles. The van der Waals surface area contributed by atoms with Crippen molar-refractivity contribution in [2.24, 2.45) is 0 Å². The maximum absolute atomic E-state index is 13.3. The zero-order valence-corrected chi connectivity index (χ0v) is 9.68. The first-order valence-electron chi connectivity index (χ1n) is 3.95. The van der Waals surface area contributed by atoms with Crippen molar-refractivity contribution in [1.29, 1.82) is 0 Å². The zero-order valence-electron chi connectivity index (χ0n) is 7.28. The number of halogens is 2. The third-order valence-corrected chi connectivity index (χ3v) is 2.91. The largest absolute Gasteiger partial charge is 0.287 e. The Labute approximate surface area is 97.2 Å². The average Bonchev–Trinajstić information content (AvgIpc) is 2.74. The van der Waals surface area contributed by atoms with Gasteiger partial charge in [0.05, 0.1) is 11.8 Å². The van der Waals surface area contributed by atoms with E-state index in [1.807, 2.05) is 0 Å². The van der Waals surface area contributed by atoms with Crippen LogP contribution in [0.2, 0.25) is 0 Å². The molecule has 1 heterocycles. The summed E-state index contributed by atoms with van der Waals surface area (Å²) in [7, 11) is 0. The minimum absolute atomic E-state index is 0.0235. The molecule has 0 saturated carbocycles. The van der Waals surface area contributed by atoms with Gasteiger partial charge in [-0.2, -0.15) is 0 Å². The van der Waals surface area contributed by atoms with Gasteiger partial charge in [-0.3, -0.25) is 4.79 Å². The lowest BCUT2D eigenvalue weighted by Crippen LogP contribution is -2.02. The molecule has 0 spiro atoms. The molecule has 0 aliphatic heterocycles. The maximum Gasteiger partial charge on any atom is 0.209 e. The Morgan fingerprint density at radius 3 is 2.93 bits per heavy atom. The van der Waals surface area contributed by atoms with Crippen molar-refractivity contribution in [3.63, 3.8) is 0 Å². The minimum Gasteiger partial charge on any atom is -0.287 e. The topological polar surface area (TPSA) is 42.9 Å². The molecule has 15 heavy (non-hydrogen) atoms. The fourth-order valence-electron chi connectivity index (χ4n) is 1.07. The SMILES string of the molecule is O=C(c1cnns1)c1cc(Br)ccc1F. The Kier molecular flexibility index (Phi) is 2.88. The van der Waals surface area contributed by atoms with Crippen LogP contribution in [0.1, 0.15) is 15.2 Å². The van der Waals surface area contributed by atoms with E-state index in [9.17, 15) is 9.18 Å². The van der Waals surface area contributed by atoms with Gasteiger partial charge in [0.1, 0.15) is 10.7 Å². The van der Waals surface area contributed by atoms with Gasteiger partial charge in [0.15, 0.2) is 0 Å². The van der Waals surface area contributed by atoms with Crippen LogP contribution in [0.4, 0.5) is 4.39 Å². The summed E-state index contributed by atoms with van der Waals surface area (Å²) in [4.78, 5) is 12.1. The molecule has 3 nitrogen and oxygen atoms in total. The third-order valence-electron chi connectivity index (χ3n) is 1.76. The van der Waals surface area contributed by atoms with Crippen molar-refractivity contribution in [3.8, 4) is 0 Å². The van der Waals surface area contributed by atoms with Gasteiger partial charge in [0.25, 0.3) is 0 Å². The highest BCUT2D eigenvalue weighted by atomic mass is 79.9. The van der Waals surface area contributed by atoms with E-state index in [2.05, 4.69) is 25.5 Å². The molecule has 76 valence electrons. The summed E-state index contributed by atoms with van der Waals surface area (Å²) >= 11 is 4.13. The van der Waals surface area contributed by atoms with Crippen LogP contribution in [0.25, 0.3) is 0 Å². The number of ketones is 1. The van der Waals surface area contributed by atoms with E-state index in [1.165, 1.54) is 24.4 Å². The quantitative estimate of drug-likeness (QED) is 0.797. The molecule has 0 fully saturated rings. The van der Waals surface area contributed by atoms with Gasteiger partial charge in [-0.05, 0) is 29.7 Å². The Morgan fingerprint density at radius 1 is 1.47 bits per heavy atom. The molecule has 0 amide bonds. The van der Waals surface area contributed by atoms with Gasteiger partial charge in [-0.15, -0.1) is 5.10 Å². The second-order valence-corrected chi connectivity index (χ2v) is 4.44. The van der Waals surface area contributed by atoms with Crippen LogP contribution in [0.15, 0.2) is 28.9 Å². The number of benzene rings is 1. The lowest BCUT2D eigenvalue weighted by Gasteiger charge is -1.99. The van der Waals surface area contributed by atoms with Crippen LogP contribution < -0.4 is 0 Å². The van der Waals surface area contributed by atoms with Gasteiger partial charge < -0.3 is 0 Å². The van der Waals surface area contributed by atoms with E-state index in [-0.39, 0.29) is 5.56 Å². The first-order valence-corrected chi connectivity index (χ1v) is 5.52. The summed E-state index contributed by atoms with van der Waals surface area (Å²) in [6.07, 6.45) is 1.33. The van der Waals surface area contributed by atoms with Crippen molar-refractivity contribution in [2.75, 3.05) is 0 Å². The Morgan fingerprint density at radius 2 is 2.27 bits per heavy atom. The normalized spacial score (nSPS) is 10.3. The highest BCUT2D eigenvalue weighted by molar-refractivity contribution is 9.10. The molecule has 0 atom stereocenters. The summed E-state index contributed by atoms with van der Waals surface area (Å²) < 4.78 is 17.5. The monoisotopic (exact) mass is 286 g/mol. The molecule has 0 N–H and O–H groups in total. The van der Waals surface area contributed by atoms with Crippen LogP contribution in [0, 0.1) is 5.82 Å². The van der Waals surface area contributed by atoms with Crippen molar-refractivity contribution in [3.05, 3.63) is 45.1 Å². The average molecular weight is 287 g/mol.